The van der Waals surface area contributed by atoms with Crippen LogP contribution in [0.15, 0.2) is 12.4 Å². The summed E-state index contributed by atoms with van der Waals surface area (Å²) in [5.74, 6) is 0. The molecular formula is C20H41N3O3. The highest BCUT2D eigenvalue weighted by Gasteiger charge is 2.11. The van der Waals surface area contributed by atoms with Gasteiger partial charge < -0.3 is 20.2 Å². The Labute approximate surface area is 160 Å². The number of nitrogens with one attached hydrogen (secondary N) is 1. The molecule has 6 nitrogen and oxygen atoms in total. The zero-order valence-corrected chi connectivity index (χ0v) is 17.1. The van der Waals surface area contributed by atoms with Crippen LogP contribution in [0.4, 0.5) is 0 Å². The highest BCUT2D eigenvalue weighted by molar-refractivity contribution is 4.77. The molecule has 1 heterocycles. The minimum absolute atomic E-state index is 1.17. The Morgan fingerprint density at radius 3 is 1.58 bits per heavy atom. The van der Waals surface area contributed by atoms with Crippen molar-refractivity contribution in [2.45, 2.75) is 96.8 Å². The van der Waals surface area contributed by atoms with Crippen LogP contribution in [0.3, 0.4) is 0 Å². The molecule has 1 atom stereocenters. The van der Waals surface area contributed by atoms with E-state index in [-0.39, 0.29) is 0 Å². The molecule has 0 saturated carbocycles. The maximum Gasteiger partial charge on any atom is 0.156 e. The summed E-state index contributed by atoms with van der Waals surface area (Å²) >= 11 is 0. The van der Waals surface area contributed by atoms with E-state index in [1.165, 1.54) is 108 Å². The van der Waals surface area contributed by atoms with Crippen molar-refractivity contribution in [1.82, 2.24) is 4.90 Å². The molecular weight excluding hydrogens is 330 g/mol. The van der Waals surface area contributed by atoms with E-state index in [0.717, 1.165) is 0 Å². The van der Waals surface area contributed by atoms with Crippen LogP contribution in [0, 0.1) is 15.3 Å². The Kier molecular flexibility index (Phi) is 17.6. The molecule has 1 rings (SSSR count). The fourth-order valence-electron chi connectivity index (χ4n) is 3.32. The van der Waals surface area contributed by atoms with Crippen LogP contribution in [0.25, 0.3) is 0 Å². The van der Waals surface area contributed by atoms with Crippen LogP contribution in [0.5, 0.6) is 0 Å². The molecule has 0 aromatic rings. The lowest BCUT2D eigenvalue weighted by atomic mass is 10.0. The molecule has 0 radical (unpaired) electrons. The molecule has 1 aliphatic heterocycles. The van der Waals surface area contributed by atoms with Crippen molar-refractivity contribution in [1.29, 1.82) is 0 Å². The van der Waals surface area contributed by atoms with Gasteiger partial charge in [0, 0.05) is 6.54 Å². The fourth-order valence-corrected chi connectivity index (χ4v) is 3.32. The van der Waals surface area contributed by atoms with Gasteiger partial charge in [-0.15, -0.1) is 0 Å². The standard InChI is InChI=1S/C20H40N2.NO3/c1-3-4-5-6-7-8-9-10-11-12-13-14-15-16-17-22-19-18-21(2)20-22;2-1(3)4/h18-19H,3-17,20H2,1-2H3;/q;-1/p+1. The number of unbranched alkanes of at least 4 members (excludes halogenated alkanes) is 13. The molecule has 0 aromatic heterocycles. The number of hydrogen-bond acceptors (Lipinski definition) is 4. The van der Waals surface area contributed by atoms with Crippen LogP contribution in [0.2, 0.25) is 0 Å². The highest BCUT2D eigenvalue weighted by Crippen LogP contribution is 2.13. The second-order valence-electron chi connectivity index (χ2n) is 7.45. The largest absolute Gasteiger partial charge is 0.356 e. The first kappa shape index (κ1) is 24.7. The Morgan fingerprint density at radius 2 is 1.23 bits per heavy atom. The van der Waals surface area contributed by atoms with Gasteiger partial charge in [0.2, 0.25) is 0 Å². The third-order valence-electron chi connectivity index (χ3n) is 4.82. The van der Waals surface area contributed by atoms with Gasteiger partial charge in [0.1, 0.15) is 6.20 Å². The molecule has 6 heteroatoms. The summed E-state index contributed by atoms with van der Waals surface area (Å²) in [7, 11) is 2.22. The summed E-state index contributed by atoms with van der Waals surface area (Å²) in [5, 5.41) is 14.8. The first-order valence-electron chi connectivity index (χ1n) is 10.6. The molecule has 26 heavy (non-hydrogen) atoms. The molecule has 1 unspecified atom stereocenters. The quantitative estimate of drug-likeness (QED) is 0.261. The van der Waals surface area contributed by atoms with E-state index >= 15 is 0 Å². The smallest absolute Gasteiger partial charge is 0.156 e. The minimum atomic E-state index is -1.75. The van der Waals surface area contributed by atoms with Crippen LogP contribution >= 0.6 is 0 Å². The molecule has 1 N–H and O–H groups in total. The van der Waals surface area contributed by atoms with Crippen molar-refractivity contribution in [3.8, 4) is 0 Å². The van der Waals surface area contributed by atoms with E-state index in [1.54, 1.807) is 0 Å². The summed E-state index contributed by atoms with van der Waals surface area (Å²) in [6.07, 6.45) is 24.8. The van der Waals surface area contributed by atoms with Crippen molar-refractivity contribution in [2.75, 3.05) is 20.3 Å². The maximum atomic E-state index is 8.25. The normalized spacial score (nSPS) is 15.8. The maximum absolute atomic E-state index is 8.25. The molecule has 154 valence electrons. The van der Waals surface area contributed by atoms with E-state index in [1.807, 2.05) is 0 Å². The van der Waals surface area contributed by atoms with Gasteiger partial charge in [-0.05, 0) is 6.42 Å². The van der Waals surface area contributed by atoms with Crippen LogP contribution < -0.4 is 4.90 Å². The van der Waals surface area contributed by atoms with Gasteiger partial charge in [-0.1, -0.05) is 90.4 Å². The summed E-state index contributed by atoms with van der Waals surface area (Å²) in [5.41, 5.74) is 0. The summed E-state index contributed by atoms with van der Waals surface area (Å²) < 4.78 is 0. The first-order chi connectivity index (χ1) is 12.6. The average Bonchev–Trinajstić information content (AvgIpc) is 3.00. The fraction of sp³-hybridized carbons (Fsp3) is 0.900. The van der Waals surface area contributed by atoms with Crippen molar-refractivity contribution in [3.63, 3.8) is 0 Å². The molecule has 1 aliphatic rings. The van der Waals surface area contributed by atoms with Gasteiger partial charge in [-0.25, -0.2) is 0 Å². The Morgan fingerprint density at radius 1 is 0.846 bits per heavy atom. The van der Waals surface area contributed by atoms with E-state index in [4.69, 9.17) is 15.3 Å². The molecule has 0 amide bonds. The molecule has 0 saturated heterocycles. The van der Waals surface area contributed by atoms with Crippen molar-refractivity contribution in [3.05, 3.63) is 27.7 Å². The van der Waals surface area contributed by atoms with Gasteiger partial charge in [-0.2, -0.15) is 0 Å². The van der Waals surface area contributed by atoms with Crippen molar-refractivity contribution >= 4 is 0 Å². The van der Waals surface area contributed by atoms with Gasteiger partial charge in [0.15, 0.2) is 6.67 Å². The monoisotopic (exact) mass is 371 g/mol. The van der Waals surface area contributed by atoms with E-state index in [2.05, 4.69) is 31.3 Å². The van der Waals surface area contributed by atoms with Gasteiger partial charge >= 0.3 is 0 Å². The predicted octanol–water partition coefficient (Wildman–Crippen LogP) is 4.49. The van der Waals surface area contributed by atoms with E-state index in [9.17, 15) is 0 Å². The zero-order valence-electron chi connectivity index (χ0n) is 17.1. The minimum Gasteiger partial charge on any atom is -0.356 e. The third-order valence-corrected chi connectivity index (χ3v) is 4.82. The average molecular weight is 372 g/mol. The number of hydrogen-bond donors (Lipinski definition) is 1. The topological polar surface area (TPSA) is 73.9 Å². The highest BCUT2D eigenvalue weighted by atomic mass is 16.9. The molecule has 0 bridgehead atoms. The Bertz CT molecular complexity index is 347. The molecule has 0 aromatic carbocycles. The number of nitrogens with zero attached hydrogens (tertiary/aromatic N) is 2. The SMILES string of the molecule is CCCCCCCCCCCCCCCCN1C=C[NH+](C)C1.O=[N+]([O-])[O-]. The number of quaternary nitrogens is 1. The van der Waals surface area contributed by atoms with Gasteiger partial charge in [0.25, 0.3) is 0 Å². The zero-order chi connectivity index (χ0) is 19.5. The first-order valence-corrected chi connectivity index (χ1v) is 10.6. The van der Waals surface area contributed by atoms with Gasteiger partial charge in [0.05, 0.1) is 18.3 Å². The lowest BCUT2D eigenvalue weighted by Crippen LogP contribution is -3.03. The lowest BCUT2D eigenvalue weighted by Gasteiger charge is -2.14. The third kappa shape index (κ3) is 19.0. The van der Waals surface area contributed by atoms with E-state index in [0.29, 0.717) is 0 Å². The Balaban J connectivity index is 0.00000141. The number of rotatable bonds is 15. The summed E-state index contributed by atoms with van der Waals surface area (Å²) in [6.45, 7) is 4.72. The molecule has 0 fully saturated rings. The van der Waals surface area contributed by atoms with Gasteiger partial charge in [-0.3, -0.25) is 4.90 Å². The van der Waals surface area contributed by atoms with Crippen LogP contribution in [-0.2, 0) is 0 Å². The second kappa shape index (κ2) is 18.5. The lowest BCUT2D eigenvalue weighted by molar-refractivity contribution is -0.826. The molecule has 0 spiro atoms. The summed E-state index contributed by atoms with van der Waals surface area (Å²) in [6, 6.07) is 0. The second-order valence-corrected chi connectivity index (χ2v) is 7.45. The summed E-state index contributed by atoms with van der Waals surface area (Å²) in [4.78, 5) is 12.2. The Hall–Kier alpha value is -1.30. The van der Waals surface area contributed by atoms with Crippen molar-refractivity contribution < 1.29 is 9.99 Å². The van der Waals surface area contributed by atoms with Crippen LogP contribution in [-0.4, -0.2) is 30.2 Å². The van der Waals surface area contributed by atoms with Crippen molar-refractivity contribution in [2.24, 2.45) is 0 Å². The predicted molar refractivity (Wildman–Crippen MR) is 108 cm³/mol. The van der Waals surface area contributed by atoms with Crippen LogP contribution in [0.1, 0.15) is 96.8 Å². The molecule has 0 aliphatic carbocycles. The van der Waals surface area contributed by atoms with E-state index < -0.39 is 5.09 Å².